The van der Waals surface area contributed by atoms with Gasteiger partial charge >= 0.3 is 0 Å². The number of hydrogen-bond donors (Lipinski definition) is 0. The van der Waals surface area contributed by atoms with Crippen LogP contribution >= 0.6 is 11.5 Å². The number of piperidine rings is 1. The highest BCUT2D eigenvalue weighted by Crippen LogP contribution is 2.35. The summed E-state index contributed by atoms with van der Waals surface area (Å²) in [4.78, 5) is 11.4. The molecule has 0 radical (unpaired) electrons. The molecule has 138 valence electrons. The average Bonchev–Trinajstić information content (AvgIpc) is 3.16. The second-order valence-corrected chi connectivity index (χ2v) is 8.09. The molecule has 3 heterocycles. The minimum atomic E-state index is 0.436. The largest absolute Gasteiger partial charge is 0.353 e. The molecular weight excluding hydrogens is 334 g/mol. The Kier molecular flexibility index (Phi) is 5.71. The Hall–Kier alpha value is -1.51. The molecule has 2 atom stereocenters. The second kappa shape index (κ2) is 7.80. The first kappa shape index (κ1) is 18.3. The van der Waals surface area contributed by atoms with E-state index in [1.54, 1.807) is 0 Å². The Labute approximate surface area is 154 Å². The van der Waals surface area contributed by atoms with Crippen molar-refractivity contribution in [3.05, 3.63) is 23.8 Å². The number of hydrogen-bond acceptors (Lipinski definition) is 7. The summed E-state index contributed by atoms with van der Waals surface area (Å²) in [6.45, 7) is 2.99. The van der Waals surface area contributed by atoms with Crippen molar-refractivity contribution in [2.45, 2.75) is 25.4 Å². The van der Waals surface area contributed by atoms with Gasteiger partial charge in [-0.05, 0) is 39.4 Å². The molecular formula is C17H29N7S. The molecule has 0 N–H and O–H groups in total. The van der Waals surface area contributed by atoms with Crippen LogP contribution in [-0.4, -0.2) is 70.2 Å². The highest BCUT2D eigenvalue weighted by molar-refractivity contribution is 7.09. The van der Waals surface area contributed by atoms with Crippen molar-refractivity contribution in [1.82, 2.24) is 28.9 Å². The van der Waals surface area contributed by atoms with Gasteiger partial charge in [0.2, 0.25) is 5.13 Å². The Bertz CT molecular complexity index is 680. The van der Waals surface area contributed by atoms with Crippen molar-refractivity contribution in [3.8, 4) is 0 Å². The Balaban J connectivity index is 1.66. The lowest BCUT2D eigenvalue weighted by atomic mass is 9.86. The maximum atomic E-state index is 4.61. The zero-order valence-electron chi connectivity index (χ0n) is 15.9. The van der Waals surface area contributed by atoms with E-state index in [1.165, 1.54) is 29.9 Å². The monoisotopic (exact) mass is 363 g/mol. The Morgan fingerprint density at radius 2 is 2.08 bits per heavy atom. The summed E-state index contributed by atoms with van der Waals surface area (Å²) in [5, 5.41) is 5.35. The van der Waals surface area contributed by atoms with Crippen LogP contribution in [0.3, 0.4) is 0 Å². The predicted octanol–water partition coefficient (Wildman–Crippen LogP) is 1.85. The van der Waals surface area contributed by atoms with Crippen molar-refractivity contribution in [2.75, 3.05) is 46.2 Å². The number of rotatable bonds is 6. The van der Waals surface area contributed by atoms with Gasteiger partial charge in [0.05, 0.1) is 12.7 Å². The SMILES string of the molecule is CN(Cc1nsc(N(C)C)n1)C[C@@H]1CCCN(C)[C@H]1c1cnn(C)c1. The van der Waals surface area contributed by atoms with Crippen LogP contribution in [0.1, 0.15) is 30.3 Å². The van der Waals surface area contributed by atoms with Crippen molar-refractivity contribution in [2.24, 2.45) is 13.0 Å². The standard InChI is InChI=1S/C17H29N7S/c1-21(2)17-19-15(20-25-17)12-22(3)10-13-7-6-8-23(4)16(13)14-9-18-24(5)11-14/h9,11,13,16H,6-8,10,12H2,1-5H3/t13-,16+/m0/s1. The molecule has 0 saturated carbocycles. The van der Waals surface area contributed by atoms with Crippen molar-refractivity contribution in [1.29, 1.82) is 0 Å². The normalized spacial score (nSPS) is 21.8. The smallest absolute Gasteiger partial charge is 0.204 e. The first-order valence-corrected chi connectivity index (χ1v) is 9.58. The number of aryl methyl sites for hydroxylation is 1. The summed E-state index contributed by atoms with van der Waals surface area (Å²) in [6, 6.07) is 0.436. The van der Waals surface area contributed by atoms with Crippen LogP contribution in [0.2, 0.25) is 0 Å². The maximum absolute atomic E-state index is 4.61. The number of anilines is 1. The van der Waals surface area contributed by atoms with Gasteiger partial charge in [0, 0.05) is 57.0 Å². The van der Waals surface area contributed by atoms with Crippen LogP contribution in [0.25, 0.3) is 0 Å². The highest BCUT2D eigenvalue weighted by Gasteiger charge is 2.32. The molecule has 0 aliphatic carbocycles. The fourth-order valence-electron chi connectivity index (χ4n) is 3.77. The first-order chi connectivity index (χ1) is 11.9. The lowest BCUT2D eigenvalue weighted by Crippen LogP contribution is -2.40. The lowest BCUT2D eigenvalue weighted by Gasteiger charge is -2.40. The summed E-state index contributed by atoms with van der Waals surface area (Å²) in [7, 11) is 10.4. The van der Waals surface area contributed by atoms with E-state index in [2.05, 4.69) is 44.5 Å². The molecule has 2 aromatic heterocycles. The van der Waals surface area contributed by atoms with Crippen LogP contribution in [0.5, 0.6) is 0 Å². The summed E-state index contributed by atoms with van der Waals surface area (Å²) >= 11 is 1.47. The zero-order chi connectivity index (χ0) is 18.0. The van der Waals surface area contributed by atoms with Crippen molar-refractivity contribution in [3.63, 3.8) is 0 Å². The van der Waals surface area contributed by atoms with Gasteiger partial charge in [0.25, 0.3) is 0 Å². The maximum Gasteiger partial charge on any atom is 0.204 e. The molecule has 7 nitrogen and oxygen atoms in total. The van der Waals surface area contributed by atoms with Crippen molar-refractivity contribution >= 4 is 16.7 Å². The number of nitrogens with zero attached hydrogens (tertiary/aromatic N) is 7. The molecule has 1 saturated heterocycles. The van der Waals surface area contributed by atoms with Gasteiger partial charge in [-0.25, -0.2) is 4.98 Å². The van der Waals surface area contributed by atoms with Gasteiger partial charge in [-0.3, -0.25) is 14.5 Å². The van der Waals surface area contributed by atoms with Crippen LogP contribution in [0.15, 0.2) is 12.4 Å². The first-order valence-electron chi connectivity index (χ1n) is 8.81. The summed E-state index contributed by atoms with van der Waals surface area (Å²) in [5.74, 6) is 1.51. The highest BCUT2D eigenvalue weighted by atomic mass is 32.1. The van der Waals surface area contributed by atoms with E-state index in [0.29, 0.717) is 12.0 Å². The number of likely N-dealkylation sites (tertiary alicyclic amines) is 1. The van der Waals surface area contributed by atoms with Crippen LogP contribution < -0.4 is 4.90 Å². The van der Waals surface area contributed by atoms with E-state index < -0.39 is 0 Å². The summed E-state index contributed by atoms with van der Waals surface area (Å²) < 4.78 is 6.39. The van der Waals surface area contributed by atoms with E-state index >= 15 is 0 Å². The topological polar surface area (TPSA) is 53.3 Å². The van der Waals surface area contributed by atoms with Crippen molar-refractivity contribution < 1.29 is 0 Å². The molecule has 0 amide bonds. The molecule has 0 unspecified atom stereocenters. The fourth-order valence-corrected chi connectivity index (χ4v) is 4.36. The minimum absolute atomic E-state index is 0.436. The predicted molar refractivity (Wildman–Crippen MR) is 102 cm³/mol. The quantitative estimate of drug-likeness (QED) is 0.781. The molecule has 0 aromatic carbocycles. The Morgan fingerprint density at radius 1 is 1.28 bits per heavy atom. The summed E-state index contributed by atoms with van der Waals surface area (Å²) in [6.07, 6.45) is 6.68. The molecule has 1 aliphatic heterocycles. The van der Waals surface area contributed by atoms with Crippen LogP contribution in [0, 0.1) is 5.92 Å². The Morgan fingerprint density at radius 3 is 2.72 bits per heavy atom. The molecule has 1 aliphatic rings. The molecule has 3 rings (SSSR count). The fraction of sp³-hybridized carbons (Fsp3) is 0.706. The third kappa shape index (κ3) is 4.37. The molecule has 2 aromatic rings. The summed E-state index contributed by atoms with van der Waals surface area (Å²) in [5.41, 5.74) is 1.32. The van der Waals surface area contributed by atoms with Crippen LogP contribution in [0.4, 0.5) is 5.13 Å². The van der Waals surface area contributed by atoms with Crippen LogP contribution in [-0.2, 0) is 13.6 Å². The van der Waals surface area contributed by atoms with E-state index in [9.17, 15) is 0 Å². The zero-order valence-corrected chi connectivity index (χ0v) is 16.7. The van der Waals surface area contributed by atoms with E-state index in [4.69, 9.17) is 0 Å². The van der Waals surface area contributed by atoms with Gasteiger partial charge in [-0.15, -0.1) is 0 Å². The van der Waals surface area contributed by atoms with Gasteiger partial charge in [0.15, 0.2) is 5.82 Å². The minimum Gasteiger partial charge on any atom is -0.353 e. The third-order valence-corrected chi connectivity index (χ3v) is 5.79. The molecule has 25 heavy (non-hydrogen) atoms. The van der Waals surface area contributed by atoms with Gasteiger partial charge in [-0.1, -0.05) is 0 Å². The van der Waals surface area contributed by atoms with Gasteiger partial charge < -0.3 is 4.90 Å². The van der Waals surface area contributed by atoms with E-state index in [-0.39, 0.29) is 0 Å². The number of aromatic nitrogens is 4. The van der Waals surface area contributed by atoms with Gasteiger partial charge in [0.1, 0.15) is 0 Å². The second-order valence-electron chi connectivity index (χ2n) is 7.36. The molecule has 8 heteroatoms. The molecule has 0 bridgehead atoms. The average molecular weight is 364 g/mol. The third-order valence-electron chi connectivity index (χ3n) is 4.87. The van der Waals surface area contributed by atoms with E-state index in [0.717, 1.165) is 30.6 Å². The molecule has 1 fully saturated rings. The molecule has 0 spiro atoms. The van der Waals surface area contributed by atoms with Gasteiger partial charge in [-0.2, -0.15) is 9.47 Å². The lowest BCUT2D eigenvalue weighted by molar-refractivity contribution is 0.0920. The van der Waals surface area contributed by atoms with E-state index in [1.807, 2.05) is 36.9 Å².